The highest BCUT2D eigenvalue weighted by Gasteiger charge is 2.10. The third-order valence-corrected chi connectivity index (χ3v) is 3.04. The predicted molar refractivity (Wildman–Crippen MR) is 73.6 cm³/mol. The second kappa shape index (κ2) is 5.27. The van der Waals surface area contributed by atoms with Crippen molar-refractivity contribution < 1.29 is 4.79 Å². The third-order valence-electron chi connectivity index (χ3n) is 2.58. The van der Waals surface area contributed by atoms with Crippen molar-refractivity contribution in [1.29, 1.82) is 0 Å². The Morgan fingerprint density at radius 3 is 2.44 bits per heavy atom. The average Bonchev–Trinajstić information content (AvgIpc) is 2.34. The molecule has 1 amide bonds. The fourth-order valence-electron chi connectivity index (χ4n) is 1.72. The van der Waals surface area contributed by atoms with Crippen molar-refractivity contribution in [1.82, 2.24) is 10.2 Å². The minimum absolute atomic E-state index is 0.182. The summed E-state index contributed by atoms with van der Waals surface area (Å²) in [5.74, 6) is -0.182. The first kappa shape index (κ1) is 12.7. The number of aryl methyl sites for hydroxylation is 2. The molecule has 0 radical (unpaired) electrons. The summed E-state index contributed by atoms with van der Waals surface area (Å²) >= 11 is 3.43. The molecule has 0 bridgehead atoms. The summed E-state index contributed by atoms with van der Waals surface area (Å²) in [7, 11) is 0. The van der Waals surface area contributed by atoms with Gasteiger partial charge in [0, 0.05) is 10.2 Å². The van der Waals surface area contributed by atoms with E-state index in [9.17, 15) is 4.79 Å². The number of benzene rings is 1. The van der Waals surface area contributed by atoms with Gasteiger partial charge >= 0.3 is 0 Å². The van der Waals surface area contributed by atoms with Crippen LogP contribution < -0.4 is 5.32 Å². The minimum atomic E-state index is -0.182. The zero-order valence-corrected chi connectivity index (χ0v) is 11.7. The summed E-state index contributed by atoms with van der Waals surface area (Å²) in [6.07, 6.45) is 2.94. The molecule has 0 saturated carbocycles. The van der Waals surface area contributed by atoms with Gasteiger partial charge in [0.1, 0.15) is 0 Å². The number of anilines is 1. The van der Waals surface area contributed by atoms with Gasteiger partial charge in [0.25, 0.3) is 5.91 Å². The van der Waals surface area contributed by atoms with E-state index in [1.54, 1.807) is 6.07 Å². The van der Waals surface area contributed by atoms with Crippen molar-refractivity contribution in [2.45, 2.75) is 13.8 Å². The Morgan fingerprint density at radius 1 is 1.22 bits per heavy atom. The molecule has 18 heavy (non-hydrogen) atoms. The van der Waals surface area contributed by atoms with Crippen LogP contribution in [-0.2, 0) is 0 Å². The first-order chi connectivity index (χ1) is 8.58. The van der Waals surface area contributed by atoms with Gasteiger partial charge in [0.2, 0.25) is 0 Å². The zero-order chi connectivity index (χ0) is 13.1. The summed E-state index contributed by atoms with van der Waals surface area (Å²) in [6, 6.07) is 5.56. The van der Waals surface area contributed by atoms with Crippen molar-refractivity contribution in [3.8, 4) is 0 Å². The molecule has 1 N–H and O–H groups in total. The molecule has 0 atom stereocenters. The maximum Gasteiger partial charge on any atom is 0.257 e. The maximum absolute atomic E-state index is 12.0. The summed E-state index contributed by atoms with van der Waals surface area (Å²) in [6.45, 7) is 3.91. The quantitative estimate of drug-likeness (QED) is 0.927. The number of halogens is 1. The molecule has 2 rings (SSSR count). The van der Waals surface area contributed by atoms with Crippen LogP contribution in [0.4, 0.5) is 5.69 Å². The molecule has 0 aliphatic carbocycles. The second-order valence-electron chi connectivity index (χ2n) is 4.00. The molecule has 92 valence electrons. The van der Waals surface area contributed by atoms with E-state index in [0.717, 1.165) is 21.3 Å². The van der Waals surface area contributed by atoms with Crippen LogP contribution in [0.5, 0.6) is 0 Å². The van der Waals surface area contributed by atoms with E-state index in [1.807, 2.05) is 26.0 Å². The van der Waals surface area contributed by atoms with E-state index in [1.165, 1.54) is 12.4 Å². The van der Waals surface area contributed by atoms with Crippen LogP contribution in [0.25, 0.3) is 0 Å². The summed E-state index contributed by atoms with van der Waals surface area (Å²) in [5.41, 5.74) is 3.35. The number of hydrogen-bond donors (Lipinski definition) is 1. The summed E-state index contributed by atoms with van der Waals surface area (Å²) in [4.78, 5) is 12.0. The van der Waals surface area contributed by atoms with Crippen LogP contribution in [0.3, 0.4) is 0 Å². The smallest absolute Gasteiger partial charge is 0.257 e. The highest BCUT2D eigenvalue weighted by atomic mass is 79.9. The number of nitrogens with one attached hydrogen (secondary N) is 1. The molecular weight excluding hydrogens is 294 g/mol. The van der Waals surface area contributed by atoms with Crippen molar-refractivity contribution in [2.75, 3.05) is 5.32 Å². The lowest BCUT2D eigenvalue weighted by Crippen LogP contribution is -2.14. The molecule has 1 aromatic heterocycles. The molecule has 0 aliphatic rings. The molecule has 5 heteroatoms. The van der Waals surface area contributed by atoms with Crippen molar-refractivity contribution in [3.63, 3.8) is 0 Å². The topological polar surface area (TPSA) is 54.9 Å². The SMILES string of the molecule is Cc1cc(Br)cc(C)c1NC(=O)c1ccnnc1. The van der Waals surface area contributed by atoms with Crippen molar-refractivity contribution in [2.24, 2.45) is 0 Å². The van der Waals surface area contributed by atoms with Gasteiger partial charge < -0.3 is 5.32 Å². The molecular formula is C13H12BrN3O. The van der Waals surface area contributed by atoms with Gasteiger partial charge in [0.15, 0.2) is 0 Å². The number of carbonyl (C=O) groups excluding carboxylic acids is 1. The van der Waals surface area contributed by atoms with Crippen LogP contribution in [0.15, 0.2) is 35.1 Å². The second-order valence-corrected chi connectivity index (χ2v) is 4.92. The molecule has 1 heterocycles. The molecule has 0 aliphatic heterocycles. The van der Waals surface area contributed by atoms with E-state index < -0.39 is 0 Å². The van der Waals surface area contributed by atoms with Crippen LogP contribution in [0, 0.1) is 13.8 Å². The van der Waals surface area contributed by atoms with E-state index in [-0.39, 0.29) is 5.91 Å². The highest BCUT2D eigenvalue weighted by Crippen LogP contribution is 2.25. The number of hydrogen-bond acceptors (Lipinski definition) is 3. The molecule has 4 nitrogen and oxygen atoms in total. The molecule has 0 spiro atoms. The number of rotatable bonds is 2. The summed E-state index contributed by atoms with van der Waals surface area (Å²) < 4.78 is 1.00. The van der Waals surface area contributed by atoms with Gasteiger partial charge in [-0.1, -0.05) is 15.9 Å². The van der Waals surface area contributed by atoms with E-state index in [2.05, 4.69) is 31.4 Å². The van der Waals surface area contributed by atoms with Gasteiger partial charge in [-0.25, -0.2) is 0 Å². The van der Waals surface area contributed by atoms with Crippen LogP contribution in [0.1, 0.15) is 21.5 Å². The Labute approximate surface area is 114 Å². The lowest BCUT2D eigenvalue weighted by molar-refractivity contribution is 0.102. The van der Waals surface area contributed by atoms with Gasteiger partial charge in [-0.15, -0.1) is 0 Å². The molecule has 1 aromatic carbocycles. The van der Waals surface area contributed by atoms with Crippen LogP contribution >= 0.6 is 15.9 Å². The van der Waals surface area contributed by atoms with Crippen LogP contribution in [0.2, 0.25) is 0 Å². The monoisotopic (exact) mass is 305 g/mol. The molecule has 2 aromatic rings. The lowest BCUT2D eigenvalue weighted by Gasteiger charge is -2.12. The van der Waals surface area contributed by atoms with Gasteiger partial charge in [-0.3, -0.25) is 4.79 Å². The Balaban J connectivity index is 2.28. The highest BCUT2D eigenvalue weighted by molar-refractivity contribution is 9.10. The van der Waals surface area contributed by atoms with Gasteiger partial charge in [-0.05, 0) is 43.2 Å². The Kier molecular flexibility index (Phi) is 3.72. The van der Waals surface area contributed by atoms with Gasteiger partial charge in [0.05, 0.1) is 18.0 Å². The van der Waals surface area contributed by atoms with E-state index in [0.29, 0.717) is 5.56 Å². The number of nitrogens with zero attached hydrogens (tertiary/aromatic N) is 2. The number of aromatic nitrogens is 2. The number of amides is 1. The summed E-state index contributed by atoms with van der Waals surface area (Å²) in [5, 5.41) is 10.2. The normalized spacial score (nSPS) is 10.2. The van der Waals surface area contributed by atoms with E-state index >= 15 is 0 Å². The molecule has 0 saturated heterocycles. The minimum Gasteiger partial charge on any atom is -0.321 e. The van der Waals surface area contributed by atoms with Crippen molar-refractivity contribution >= 4 is 27.5 Å². The first-order valence-corrected chi connectivity index (χ1v) is 6.22. The fourth-order valence-corrected chi connectivity index (χ4v) is 2.41. The molecule has 0 fully saturated rings. The lowest BCUT2D eigenvalue weighted by atomic mass is 10.1. The predicted octanol–water partition coefficient (Wildman–Crippen LogP) is 3.11. The Hall–Kier alpha value is -1.75. The first-order valence-electron chi connectivity index (χ1n) is 5.42. The average molecular weight is 306 g/mol. The zero-order valence-electron chi connectivity index (χ0n) is 10.1. The van der Waals surface area contributed by atoms with E-state index in [4.69, 9.17) is 0 Å². The fraction of sp³-hybridized carbons (Fsp3) is 0.154. The van der Waals surface area contributed by atoms with Crippen molar-refractivity contribution in [3.05, 3.63) is 51.8 Å². The largest absolute Gasteiger partial charge is 0.321 e. The third kappa shape index (κ3) is 2.73. The maximum atomic E-state index is 12.0. The Bertz CT molecular complexity index is 561. The Morgan fingerprint density at radius 2 is 1.89 bits per heavy atom. The number of carbonyl (C=O) groups is 1. The van der Waals surface area contributed by atoms with Gasteiger partial charge in [-0.2, -0.15) is 10.2 Å². The standard InChI is InChI=1S/C13H12BrN3O/c1-8-5-11(14)6-9(2)12(8)17-13(18)10-3-4-15-16-7-10/h3-7H,1-2H3,(H,17,18). The molecule has 0 unspecified atom stereocenters. The van der Waals surface area contributed by atoms with Crippen LogP contribution in [-0.4, -0.2) is 16.1 Å².